The van der Waals surface area contributed by atoms with E-state index in [1.165, 1.54) is 0 Å². The highest BCUT2D eigenvalue weighted by atomic mass is 32.2. The molecule has 1 heterocycles. The van der Waals surface area contributed by atoms with E-state index in [-0.39, 0.29) is 29.5 Å². The van der Waals surface area contributed by atoms with Crippen molar-refractivity contribution in [3.63, 3.8) is 0 Å². The molecule has 0 aromatic carbocycles. The molecule has 100 valence electrons. The summed E-state index contributed by atoms with van der Waals surface area (Å²) in [6.45, 7) is 4.05. The van der Waals surface area contributed by atoms with E-state index < -0.39 is 9.84 Å². The molecule has 0 bridgehead atoms. The molecule has 2 N–H and O–H groups in total. The zero-order valence-electron chi connectivity index (χ0n) is 10.6. The second kappa shape index (κ2) is 5.82. The van der Waals surface area contributed by atoms with Gasteiger partial charge in [-0.2, -0.15) is 0 Å². The summed E-state index contributed by atoms with van der Waals surface area (Å²) in [5, 5.41) is 0. The molecule has 17 heavy (non-hydrogen) atoms. The van der Waals surface area contributed by atoms with E-state index in [4.69, 9.17) is 5.73 Å². The fourth-order valence-corrected chi connectivity index (χ4v) is 2.93. The SMILES string of the molecule is CCS(=O)(=O)CC(=O)N1CCCCC1C(C)N. The predicted molar refractivity (Wildman–Crippen MR) is 67.3 cm³/mol. The van der Waals surface area contributed by atoms with Crippen LogP contribution >= 0.6 is 0 Å². The standard InChI is InChI=1S/C11H22N2O3S/c1-3-17(15,16)8-11(14)13-7-5-4-6-10(13)9(2)12/h9-10H,3-8,12H2,1-2H3. The number of likely N-dealkylation sites (tertiary alicyclic amines) is 1. The average molecular weight is 262 g/mol. The first kappa shape index (κ1) is 14.4. The van der Waals surface area contributed by atoms with Crippen LogP contribution in [-0.2, 0) is 14.6 Å². The quantitative estimate of drug-likeness (QED) is 0.782. The Morgan fingerprint density at radius 2 is 2.12 bits per heavy atom. The minimum Gasteiger partial charge on any atom is -0.337 e. The zero-order valence-corrected chi connectivity index (χ0v) is 11.4. The van der Waals surface area contributed by atoms with Crippen LogP contribution in [0.2, 0.25) is 0 Å². The van der Waals surface area contributed by atoms with Gasteiger partial charge in [0.25, 0.3) is 0 Å². The number of hydrogen-bond acceptors (Lipinski definition) is 4. The van der Waals surface area contributed by atoms with Crippen LogP contribution < -0.4 is 5.73 Å². The molecule has 1 rings (SSSR count). The van der Waals surface area contributed by atoms with Crippen molar-refractivity contribution < 1.29 is 13.2 Å². The Kier molecular flexibility index (Phi) is 4.94. The van der Waals surface area contributed by atoms with Gasteiger partial charge in [0.1, 0.15) is 5.75 Å². The number of nitrogens with zero attached hydrogens (tertiary/aromatic N) is 1. The van der Waals surface area contributed by atoms with Crippen LogP contribution in [0.1, 0.15) is 33.1 Å². The van der Waals surface area contributed by atoms with E-state index in [0.29, 0.717) is 6.54 Å². The number of nitrogens with two attached hydrogens (primary N) is 1. The van der Waals surface area contributed by atoms with Crippen LogP contribution in [0.4, 0.5) is 0 Å². The summed E-state index contributed by atoms with van der Waals surface area (Å²) in [6.07, 6.45) is 2.85. The third-order valence-corrected chi connectivity index (χ3v) is 4.83. The summed E-state index contributed by atoms with van der Waals surface area (Å²) in [7, 11) is -3.25. The lowest BCUT2D eigenvalue weighted by Crippen LogP contribution is -2.53. The second-order valence-electron chi connectivity index (χ2n) is 4.69. The monoisotopic (exact) mass is 262 g/mol. The molecule has 1 saturated heterocycles. The molecule has 2 unspecified atom stereocenters. The molecule has 1 aliphatic rings. The van der Waals surface area contributed by atoms with Crippen LogP contribution in [0, 0.1) is 0 Å². The highest BCUT2D eigenvalue weighted by Gasteiger charge is 2.30. The zero-order chi connectivity index (χ0) is 13.1. The van der Waals surface area contributed by atoms with Crippen molar-refractivity contribution in [2.45, 2.75) is 45.2 Å². The maximum absolute atomic E-state index is 12.0. The van der Waals surface area contributed by atoms with E-state index in [0.717, 1.165) is 19.3 Å². The second-order valence-corrected chi connectivity index (χ2v) is 7.04. The number of hydrogen-bond donors (Lipinski definition) is 1. The number of piperidine rings is 1. The van der Waals surface area contributed by atoms with Gasteiger partial charge in [0.2, 0.25) is 5.91 Å². The van der Waals surface area contributed by atoms with Gasteiger partial charge in [-0.3, -0.25) is 4.79 Å². The predicted octanol–water partition coefficient (Wildman–Crippen LogP) is 0.149. The molecule has 0 radical (unpaired) electrons. The highest BCUT2D eigenvalue weighted by Crippen LogP contribution is 2.19. The summed E-state index contributed by atoms with van der Waals surface area (Å²) >= 11 is 0. The van der Waals surface area contributed by atoms with E-state index in [1.54, 1.807) is 11.8 Å². The third-order valence-electron chi connectivity index (χ3n) is 3.26. The maximum atomic E-state index is 12.0. The molecule has 0 spiro atoms. The minimum atomic E-state index is -3.25. The Morgan fingerprint density at radius 3 is 2.65 bits per heavy atom. The van der Waals surface area contributed by atoms with Gasteiger partial charge in [-0.1, -0.05) is 6.92 Å². The summed E-state index contributed by atoms with van der Waals surface area (Å²) < 4.78 is 22.9. The number of amides is 1. The van der Waals surface area contributed by atoms with E-state index in [1.807, 2.05) is 6.92 Å². The van der Waals surface area contributed by atoms with Gasteiger partial charge in [0, 0.05) is 24.4 Å². The highest BCUT2D eigenvalue weighted by molar-refractivity contribution is 7.92. The molecule has 0 saturated carbocycles. The topological polar surface area (TPSA) is 80.5 Å². The van der Waals surface area contributed by atoms with Crippen molar-refractivity contribution in [1.82, 2.24) is 4.90 Å². The summed E-state index contributed by atoms with van der Waals surface area (Å²) in [5.74, 6) is -0.670. The minimum absolute atomic E-state index is 0.00935. The van der Waals surface area contributed by atoms with Gasteiger partial charge in [0.15, 0.2) is 9.84 Å². The van der Waals surface area contributed by atoms with Crippen molar-refractivity contribution >= 4 is 15.7 Å². The van der Waals surface area contributed by atoms with Crippen LogP contribution in [0.3, 0.4) is 0 Å². The van der Waals surface area contributed by atoms with Gasteiger partial charge in [-0.05, 0) is 26.2 Å². The van der Waals surface area contributed by atoms with E-state index in [9.17, 15) is 13.2 Å². The molecular weight excluding hydrogens is 240 g/mol. The Labute approximate surface area is 103 Å². The normalized spacial score (nSPS) is 23.5. The number of carbonyl (C=O) groups is 1. The molecule has 0 aromatic heterocycles. The van der Waals surface area contributed by atoms with Gasteiger partial charge in [-0.15, -0.1) is 0 Å². The largest absolute Gasteiger partial charge is 0.337 e. The van der Waals surface area contributed by atoms with Gasteiger partial charge < -0.3 is 10.6 Å². The lowest BCUT2D eigenvalue weighted by molar-refractivity contribution is -0.132. The van der Waals surface area contributed by atoms with Crippen molar-refractivity contribution in [3.05, 3.63) is 0 Å². The first-order valence-corrected chi connectivity index (χ1v) is 7.95. The summed E-state index contributed by atoms with van der Waals surface area (Å²) in [5.41, 5.74) is 5.85. The number of carbonyl (C=O) groups excluding carboxylic acids is 1. The first-order valence-electron chi connectivity index (χ1n) is 6.13. The Morgan fingerprint density at radius 1 is 1.47 bits per heavy atom. The molecule has 0 aromatic rings. The van der Waals surface area contributed by atoms with E-state index >= 15 is 0 Å². The molecule has 1 aliphatic heterocycles. The molecule has 1 amide bonds. The van der Waals surface area contributed by atoms with Crippen molar-refractivity contribution in [2.24, 2.45) is 5.73 Å². The van der Waals surface area contributed by atoms with Crippen LogP contribution in [0.15, 0.2) is 0 Å². The van der Waals surface area contributed by atoms with Gasteiger partial charge in [-0.25, -0.2) is 8.42 Å². The Hall–Kier alpha value is -0.620. The molecule has 5 nitrogen and oxygen atoms in total. The van der Waals surface area contributed by atoms with Crippen LogP contribution in [0.5, 0.6) is 0 Å². The fraction of sp³-hybridized carbons (Fsp3) is 0.909. The van der Waals surface area contributed by atoms with Crippen molar-refractivity contribution in [1.29, 1.82) is 0 Å². The van der Waals surface area contributed by atoms with Crippen LogP contribution in [0.25, 0.3) is 0 Å². The number of rotatable bonds is 4. The fourth-order valence-electron chi connectivity index (χ4n) is 2.19. The smallest absolute Gasteiger partial charge is 0.238 e. The maximum Gasteiger partial charge on any atom is 0.238 e. The van der Waals surface area contributed by atoms with E-state index in [2.05, 4.69) is 0 Å². The van der Waals surface area contributed by atoms with Gasteiger partial charge >= 0.3 is 0 Å². The molecule has 1 fully saturated rings. The third kappa shape index (κ3) is 3.96. The lowest BCUT2D eigenvalue weighted by Gasteiger charge is -2.38. The van der Waals surface area contributed by atoms with Crippen molar-refractivity contribution in [3.8, 4) is 0 Å². The summed E-state index contributed by atoms with van der Waals surface area (Å²) in [6, 6.07) is -0.119. The molecule has 2 atom stereocenters. The van der Waals surface area contributed by atoms with Gasteiger partial charge in [0.05, 0.1) is 0 Å². The molecule has 0 aliphatic carbocycles. The number of sulfone groups is 1. The van der Waals surface area contributed by atoms with Crippen molar-refractivity contribution in [2.75, 3.05) is 18.1 Å². The van der Waals surface area contributed by atoms with Crippen LogP contribution in [-0.4, -0.2) is 49.4 Å². The Balaban J connectivity index is 2.72. The average Bonchev–Trinajstić information content (AvgIpc) is 2.28. The lowest BCUT2D eigenvalue weighted by atomic mass is 9.97. The Bertz CT molecular complexity index is 365. The first-order chi connectivity index (χ1) is 7.87. The molecule has 6 heteroatoms. The summed E-state index contributed by atoms with van der Waals surface area (Å²) in [4.78, 5) is 13.6. The molecular formula is C11H22N2O3S.